The molecule has 0 bridgehead atoms. The summed E-state index contributed by atoms with van der Waals surface area (Å²) in [4.78, 5) is 27.7. The van der Waals surface area contributed by atoms with Gasteiger partial charge < -0.3 is 23.6 Å². The molecule has 2 heterocycles. The van der Waals surface area contributed by atoms with E-state index in [2.05, 4.69) is 41.5 Å². The fourth-order valence-corrected chi connectivity index (χ4v) is 12.4. The maximum atomic E-state index is 13.5. The van der Waals surface area contributed by atoms with Crippen LogP contribution in [-0.4, -0.2) is 51.8 Å². The summed E-state index contributed by atoms with van der Waals surface area (Å²) in [6.07, 6.45) is 1.76. The predicted molar refractivity (Wildman–Crippen MR) is 137 cm³/mol. The molecule has 1 aromatic rings. The van der Waals surface area contributed by atoms with E-state index in [1.165, 1.54) is 0 Å². The lowest BCUT2D eigenvalue weighted by Gasteiger charge is -2.51. The number of hydrogen-bond acceptors (Lipinski definition) is 5. The Morgan fingerprint density at radius 2 is 1.62 bits per heavy atom. The van der Waals surface area contributed by atoms with Crippen molar-refractivity contribution in [3.8, 4) is 11.5 Å². The summed E-state index contributed by atoms with van der Waals surface area (Å²) in [7, 11) is 0.994. The Morgan fingerprint density at radius 3 is 2.12 bits per heavy atom. The van der Waals surface area contributed by atoms with Gasteiger partial charge in [0.2, 0.25) is 14.2 Å². The summed E-state index contributed by atoms with van der Waals surface area (Å²) in [6.45, 7) is 15.9. The molecule has 7 heteroatoms. The lowest BCUT2D eigenvalue weighted by atomic mass is 9.75. The van der Waals surface area contributed by atoms with Gasteiger partial charge in [-0.3, -0.25) is 4.79 Å². The van der Waals surface area contributed by atoms with Gasteiger partial charge in [0.05, 0.1) is 32.3 Å². The molecule has 0 N–H and O–H groups in total. The minimum Gasteiger partial charge on any atom is -0.493 e. The maximum absolute atomic E-state index is 13.5. The Kier molecular flexibility index (Phi) is 7.88. The average Bonchev–Trinajstić information content (AvgIpc) is 3.05. The lowest BCUT2D eigenvalue weighted by molar-refractivity contribution is -0.133. The van der Waals surface area contributed by atoms with E-state index in [-0.39, 0.29) is 17.8 Å². The molecule has 0 unspecified atom stereocenters. The molecule has 190 valence electrons. The number of fused-ring (bicyclic) bond motifs is 3. The Balaban J connectivity index is 2.25. The van der Waals surface area contributed by atoms with Crippen molar-refractivity contribution in [3.63, 3.8) is 0 Å². The zero-order valence-electron chi connectivity index (χ0n) is 22.5. The lowest BCUT2D eigenvalue weighted by Crippen LogP contribution is -2.58. The molecule has 1 saturated heterocycles. The van der Waals surface area contributed by atoms with Crippen molar-refractivity contribution in [3.05, 3.63) is 23.3 Å². The van der Waals surface area contributed by atoms with Crippen LogP contribution in [0.1, 0.15) is 78.9 Å². The van der Waals surface area contributed by atoms with E-state index >= 15 is 0 Å². The standard InChI is InChI=1S/C27H43NO5Si/c1-17(2)34(18(3)4,19(5)6)33-25-16-26(30)28-13-11-21-14-23(31-8)24(32-9)15-22(21)27(25,28)12-10-20(7)29/h14-15,17-19,25H,10-13,16H2,1-9H3/t25-,27+/m0/s1. The maximum Gasteiger partial charge on any atom is 0.226 e. The minimum atomic E-state index is -2.28. The van der Waals surface area contributed by atoms with Crippen molar-refractivity contribution < 1.29 is 23.5 Å². The Morgan fingerprint density at radius 1 is 1.06 bits per heavy atom. The topological polar surface area (TPSA) is 65.1 Å². The number of carbonyl (C=O) groups excluding carboxylic acids is 2. The summed E-state index contributed by atoms with van der Waals surface area (Å²) in [6, 6.07) is 4.07. The number of Topliss-reactive ketones (excluding diaryl/α,β-unsaturated/α-hetero) is 1. The second-order valence-electron chi connectivity index (χ2n) is 10.9. The second-order valence-corrected chi connectivity index (χ2v) is 16.3. The number of benzene rings is 1. The number of carbonyl (C=O) groups is 2. The van der Waals surface area contributed by atoms with Crippen molar-refractivity contribution in [2.45, 2.75) is 102 Å². The van der Waals surface area contributed by atoms with Crippen LogP contribution in [0.5, 0.6) is 11.5 Å². The van der Waals surface area contributed by atoms with Crippen molar-refractivity contribution in [2.24, 2.45) is 0 Å². The van der Waals surface area contributed by atoms with Crippen LogP contribution in [0.25, 0.3) is 0 Å². The summed E-state index contributed by atoms with van der Waals surface area (Å²) in [5, 5.41) is 0. The molecule has 1 fully saturated rings. The van der Waals surface area contributed by atoms with Gasteiger partial charge in [0.25, 0.3) is 0 Å². The van der Waals surface area contributed by atoms with Crippen molar-refractivity contribution >= 4 is 20.0 Å². The number of ketones is 1. The van der Waals surface area contributed by atoms with E-state index in [9.17, 15) is 9.59 Å². The average molecular weight is 490 g/mol. The van der Waals surface area contributed by atoms with Crippen LogP contribution in [0.4, 0.5) is 0 Å². The van der Waals surface area contributed by atoms with Gasteiger partial charge in [-0.15, -0.1) is 0 Å². The first-order valence-electron chi connectivity index (χ1n) is 12.7. The first-order chi connectivity index (χ1) is 15.9. The minimum absolute atomic E-state index is 0.119. The zero-order chi connectivity index (χ0) is 25.4. The van der Waals surface area contributed by atoms with Gasteiger partial charge in [-0.1, -0.05) is 41.5 Å². The first-order valence-corrected chi connectivity index (χ1v) is 14.8. The van der Waals surface area contributed by atoms with Crippen LogP contribution in [0.3, 0.4) is 0 Å². The third kappa shape index (κ3) is 4.19. The van der Waals surface area contributed by atoms with Crippen molar-refractivity contribution in [1.82, 2.24) is 4.90 Å². The van der Waals surface area contributed by atoms with E-state index in [1.54, 1.807) is 21.1 Å². The second kappa shape index (κ2) is 10.0. The molecule has 0 spiro atoms. The number of amides is 1. The van der Waals surface area contributed by atoms with Crippen LogP contribution in [0.2, 0.25) is 16.6 Å². The van der Waals surface area contributed by atoms with E-state index in [0.29, 0.717) is 53.9 Å². The number of nitrogens with zero attached hydrogens (tertiary/aromatic N) is 1. The molecular formula is C27H43NO5Si. The summed E-state index contributed by atoms with van der Waals surface area (Å²) >= 11 is 0. The molecule has 0 radical (unpaired) electrons. The fourth-order valence-electron chi connectivity index (χ4n) is 6.83. The molecule has 34 heavy (non-hydrogen) atoms. The molecule has 0 aliphatic carbocycles. The molecule has 0 aromatic heterocycles. The smallest absolute Gasteiger partial charge is 0.226 e. The third-order valence-corrected chi connectivity index (χ3v) is 14.4. The van der Waals surface area contributed by atoms with Gasteiger partial charge in [-0.25, -0.2) is 0 Å². The third-order valence-electron chi connectivity index (χ3n) is 8.27. The van der Waals surface area contributed by atoms with E-state index in [1.807, 2.05) is 17.0 Å². The Bertz CT molecular complexity index is 906. The van der Waals surface area contributed by atoms with Crippen LogP contribution >= 0.6 is 0 Å². The van der Waals surface area contributed by atoms with E-state index in [4.69, 9.17) is 13.9 Å². The van der Waals surface area contributed by atoms with Crippen LogP contribution in [0, 0.1) is 0 Å². The number of rotatable bonds is 10. The first kappa shape index (κ1) is 26.7. The summed E-state index contributed by atoms with van der Waals surface area (Å²) < 4.78 is 18.6. The molecule has 1 aromatic carbocycles. The molecule has 2 aliphatic heterocycles. The normalized spacial score (nSPS) is 22.4. The highest BCUT2D eigenvalue weighted by molar-refractivity contribution is 6.77. The largest absolute Gasteiger partial charge is 0.493 e. The molecule has 2 atom stereocenters. The number of methoxy groups -OCH3 is 2. The number of ether oxygens (including phenoxy) is 2. The van der Waals surface area contributed by atoms with Crippen LogP contribution in [0.15, 0.2) is 12.1 Å². The van der Waals surface area contributed by atoms with Crippen LogP contribution in [-0.2, 0) is 26.0 Å². The van der Waals surface area contributed by atoms with Gasteiger partial charge >= 0.3 is 0 Å². The highest BCUT2D eigenvalue weighted by atomic mass is 28.4. The molecule has 2 aliphatic rings. The molecule has 3 rings (SSSR count). The van der Waals surface area contributed by atoms with E-state index < -0.39 is 13.9 Å². The van der Waals surface area contributed by atoms with Crippen molar-refractivity contribution in [2.75, 3.05) is 20.8 Å². The highest BCUT2D eigenvalue weighted by Gasteiger charge is 2.60. The van der Waals surface area contributed by atoms with Crippen LogP contribution < -0.4 is 9.47 Å². The monoisotopic (exact) mass is 489 g/mol. The van der Waals surface area contributed by atoms with Crippen molar-refractivity contribution in [1.29, 1.82) is 0 Å². The van der Waals surface area contributed by atoms with Gasteiger partial charge in [-0.2, -0.15) is 0 Å². The fraction of sp³-hybridized carbons (Fsp3) is 0.704. The van der Waals surface area contributed by atoms with Gasteiger partial charge in [-0.05, 0) is 59.6 Å². The predicted octanol–water partition coefficient (Wildman–Crippen LogP) is 5.62. The highest BCUT2D eigenvalue weighted by Crippen LogP contribution is 2.54. The Labute approximate surface area is 206 Å². The number of hydrogen-bond donors (Lipinski definition) is 0. The molecule has 0 saturated carbocycles. The molecule has 1 amide bonds. The zero-order valence-corrected chi connectivity index (χ0v) is 23.5. The SMILES string of the molecule is COc1cc2c(cc1OC)[C@]1(CCC(C)=O)[C@@H](O[Si](C(C)C)(C(C)C)C(C)C)CC(=O)N1CC2. The Hall–Kier alpha value is -1.86. The molecule has 6 nitrogen and oxygen atoms in total. The van der Waals surface area contributed by atoms with Gasteiger partial charge in [0.1, 0.15) is 5.78 Å². The molecular weight excluding hydrogens is 446 g/mol. The quantitative estimate of drug-likeness (QED) is 0.399. The summed E-state index contributed by atoms with van der Waals surface area (Å²) in [5.41, 5.74) is 2.71. The van der Waals surface area contributed by atoms with Gasteiger partial charge in [0.15, 0.2) is 11.5 Å². The van der Waals surface area contributed by atoms with Gasteiger partial charge in [0, 0.05) is 13.0 Å². The van der Waals surface area contributed by atoms with E-state index in [0.717, 1.165) is 17.5 Å². The summed E-state index contributed by atoms with van der Waals surface area (Å²) in [5.74, 6) is 1.57.